The van der Waals surface area contributed by atoms with Crippen LogP contribution in [0.5, 0.6) is 0 Å². The number of nitrogens with zero attached hydrogens (tertiary/aromatic N) is 4. The number of hydrogen-bond acceptors (Lipinski definition) is 4. The SMILES string of the molecule is c1ccc(N2c3cccc4c3[SH](c3cccnc32)c2cccnc2N4c2ccccc2)cc1. The molecule has 7 rings (SSSR count). The number of fused-ring (bicyclic) bond motifs is 4. The van der Waals surface area contributed by atoms with Gasteiger partial charge in [-0.3, -0.25) is 9.80 Å². The van der Waals surface area contributed by atoms with Gasteiger partial charge in [-0.05, 0) is 60.7 Å². The Hall–Kier alpha value is -4.09. The summed E-state index contributed by atoms with van der Waals surface area (Å²) >= 11 is 0. The van der Waals surface area contributed by atoms with Crippen molar-refractivity contribution in [2.24, 2.45) is 0 Å². The monoisotopic (exact) mass is 444 g/mol. The lowest BCUT2D eigenvalue weighted by Gasteiger charge is -2.45. The Labute approximate surface area is 195 Å². The molecule has 0 amide bonds. The van der Waals surface area contributed by atoms with Crippen LogP contribution in [0.4, 0.5) is 34.4 Å². The van der Waals surface area contributed by atoms with Crippen molar-refractivity contribution in [3.8, 4) is 0 Å². The summed E-state index contributed by atoms with van der Waals surface area (Å²) < 4.78 is 0. The third kappa shape index (κ3) is 2.66. The lowest BCUT2D eigenvalue weighted by atomic mass is 10.1. The summed E-state index contributed by atoms with van der Waals surface area (Å²) in [7, 11) is -0.793. The Kier molecular flexibility index (Phi) is 4.04. The lowest BCUT2D eigenvalue weighted by molar-refractivity contribution is 1.03. The molecule has 2 aliphatic rings. The molecule has 0 fully saturated rings. The quantitative estimate of drug-likeness (QED) is 0.280. The van der Waals surface area contributed by atoms with E-state index < -0.39 is 10.9 Å². The number of aromatic nitrogens is 2. The normalized spacial score (nSPS) is 14.4. The summed E-state index contributed by atoms with van der Waals surface area (Å²) in [6, 6.07) is 36.2. The van der Waals surface area contributed by atoms with Crippen LogP contribution >= 0.6 is 10.9 Å². The molecular weight excluding hydrogens is 424 g/mol. The summed E-state index contributed by atoms with van der Waals surface area (Å²) in [5, 5.41) is 0. The predicted octanol–water partition coefficient (Wildman–Crippen LogP) is 7.52. The minimum atomic E-state index is -0.793. The van der Waals surface area contributed by atoms with Crippen molar-refractivity contribution in [3.05, 3.63) is 116 Å². The molecule has 0 saturated heterocycles. The summed E-state index contributed by atoms with van der Waals surface area (Å²) in [4.78, 5) is 18.3. The van der Waals surface area contributed by atoms with Crippen molar-refractivity contribution in [3.63, 3.8) is 0 Å². The minimum Gasteiger partial charge on any atom is -0.293 e. The molecule has 0 radical (unpaired) electrons. The molecule has 0 aliphatic carbocycles. The maximum atomic E-state index is 4.89. The first-order valence-electron chi connectivity index (χ1n) is 11.0. The first-order valence-corrected chi connectivity index (χ1v) is 12.3. The second kappa shape index (κ2) is 7.22. The second-order valence-corrected chi connectivity index (χ2v) is 10.1. The standard InChI is InChI=1S/C28H20N4S/c1-3-10-20(11-4-1)31-22-14-7-15-23-26(22)33(24-16-8-18-29-27(24)31)25-17-9-19-30-28(25)32(23)21-12-5-2-6-13-21/h1-19,33H. The second-order valence-electron chi connectivity index (χ2n) is 8.01. The number of rotatable bonds is 2. The van der Waals surface area contributed by atoms with Gasteiger partial charge in [-0.1, -0.05) is 42.5 Å². The van der Waals surface area contributed by atoms with Crippen molar-refractivity contribution < 1.29 is 0 Å². The van der Waals surface area contributed by atoms with E-state index in [9.17, 15) is 0 Å². The lowest BCUT2D eigenvalue weighted by Crippen LogP contribution is -2.24. The molecule has 5 heteroatoms. The van der Waals surface area contributed by atoms with E-state index >= 15 is 0 Å². The molecule has 0 bridgehead atoms. The highest BCUT2D eigenvalue weighted by atomic mass is 32.2. The maximum absolute atomic E-state index is 4.89. The Balaban J connectivity index is 1.58. The Morgan fingerprint density at radius 1 is 0.485 bits per heavy atom. The van der Waals surface area contributed by atoms with Gasteiger partial charge in [0.25, 0.3) is 0 Å². The molecule has 0 N–H and O–H groups in total. The summed E-state index contributed by atoms with van der Waals surface area (Å²) in [5.41, 5.74) is 4.60. The molecule has 0 saturated carbocycles. The third-order valence-electron chi connectivity index (χ3n) is 6.17. The fourth-order valence-electron chi connectivity index (χ4n) is 4.86. The van der Waals surface area contributed by atoms with Crippen LogP contribution in [0, 0.1) is 0 Å². The van der Waals surface area contributed by atoms with Gasteiger partial charge in [0.15, 0.2) is 0 Å². The highest BCUT2D eigenvalue weighted by Gasteiger charge is 2.39. The van der Waals surface area contributed by atoms with E-state index in [0.717, 1.165) is 23.0 Å². The molecular formula is C28H20N4S. The molecule has 33 heavy (non-hydrogen) atoms. The van der Waals surface area contributed by atoms with E-state index in [0.29, 0.717) is 0 Å². The first-order chi connectivity index (χ1) is 16.4. The van der Waals surface area contributed by atoms with Crippen LogP contribution in [0.2, 0.25) is 0 Å². The molecule has 2 aromatic heterocycles. The van der Waals surface area contributed by atoms with Gasteiger partial charge in [-0.25, -0.2) is 9.97 Å². The maximum Gasteiger partial charge on any atom is 0.150 e. The average molecular weight is 445 g/mol. The number of pyridine rings is 2. The van der Waals surface area contributed by atoms with Crippen molar-refractivity contribution in [2.45, 2.75) is 14.7 Å². The minimum absolute atomic E-state index is 0.793. The fourth-order valence-corrected chi connectivity index (χ4v) is 7.59. The molecule has 2 aliphatic heterocycles. The molecule has 4 nitrogen and oxygen atoms in total. The molecule has 0 unspecified atom stereocenters. The van der Waals surface area contributed by atoms with Crippen molar-refractivity contribution in [1.82, 2.24) is 9.97 Å². The van der Waals surface area contributed by atoms with Gasteiger partial charge < -0.3 is 0 Å². The zero-order chi connectivity index (χ0) is 21.8. The summed E-state index contributed by atoms with van der Waals surface area (Å²) in [6.45, 7) is 0. The van der Waals surface area contributed by atoms with Crippen LogP contribution in [0.15, 0.2) is 130 Å². The van der Waals surface area contributed by atoms with Crippen molar-refractivity contribution in [2.75, 3.05) is 9.80 Å². The van der Waals surface area contributed by atoms with E-state index in [1.165, 1.54) is 26.1 Å². The van der Waals surface area contributed by atoms with E-state index in [-0.39, 0.29) is 0 Å². The largest absolute Gasteiger partial charge is 0.293 e. The van der Waals surface area contributed by atoms with E-state index in [2.05, 4.69) is 113 Å². The van der Waals surface area contributed by atoms with Gasteiger partial charge in [0.2, 0.25) is 0 Å². The summed E-state index contributed by atoms with van der Waals surface area (Å²) in [6.07, 6.45) is 3.78. The topological polar surface area (TPSA) is 32.3 Å². The van der Waals surface area contributed by atoms with Crippen molar-refractivity contribution in [1.29, 1.82) is 0 Å². The van der Waals surface area contributed by atoms with E-state index in [4.69, 9.17) is 9.97 Å². The zero-order valence-corrected chi connectivity index (χ0v) is 18.6. The van der Waals surface area contributed by atoms with Crippen LogP contribution in [-0.4, -0.2) is 9.97 Å². The van der Waals surface area contributed by atoms with E-state index in [1.807, 2.05) is 12.4 Å². The highest BCUT2D eigenvalue weighted by Crippen LogP contribution is 2.69. The molecule has 4 heterocycles. The molecule has 0 atom stereocenters. The van der Waals surface area contributed by atoms with Gasteiger partial charge in [-0.15, -0.1) is 0 Å². The van der Waals surface area contributed by atoms with Crippen LogP contribution in [0.1, 0.15) is 0 Å². The zero-order valence-electron chi connectivity index (χ0n) is 17.7. The Morgan fingerprint density at radius 3 is 1.45 bits per heavy atom. The number of hydrogen-bond donors (Lipinski definition) is 1. The average Bonchev–Trinajstić information content (AvgIpc) is 2.89. The molecule has 5 aromatic rings. The van der Waals surface area contributed by atoms with Gasteiger partial charge in [0, 0.05) is 38.5 Å². The smallest absolute Gasteiger partial charge is 0.150 e. The van der Waals surface area contributed by atoms with Gasteiger partial charge in [0.05, 0.1) is 11.4 Å². The Bertz CT molecular complexity index is 1380. The van der Waals surface area contributed by atoms with Crippen molar-refractivity contribution >= 4 is 45.3 Å². The van der Waals surface area contributed by atoms with Gasteiger partial charge in [-0.2, -0.15) is 10.9 Å². The first kappa shape index (κ1) is 18.5. The van der Waals surface area contributed by atoms with Crippen LogP contribution in [0.25, 0.3) is 0 Å². The fraction of sp³-hybridized carbons (Fsp3) is 0. The molecule has 3 aromatic carbocycles. The Morgan fingerprint density at radius 2 is 0.970 bits per heavy atom. The predicted molar refractivity (Wildman–Crippen MR) is 135 cm³/mol. The summed E-state index contributed by atoms with van der Waals surface area (Å²) in [5.74, 6) is 2.00. The number of para-hydroxylation sites is 2. The number of anilines is 6. The highest BCUT2D eigenvalue weighted by molar-refractivity contribution is 8.17. The molecule has 158 valence electrons. The number of benzene rings is 3. The van der Waals surface area contributed by atoms with Gasteiger partial charge >= 0.3 is 0 Å². The van der Waals surface area contributed by atoms with E-state index in [1.54, 1.807) is 0 Å². The van der Waals surface area contributed by atoms with Crippen LogP contribution < -0.4 is 9.80 Å². The third-order valence-corrected chi connectivity index (χ3v) is 8.73. The molecule has 0 spiro atoms. The van der Waals surface area contributed by atoms with Gasteiger partial charge in [0.1, 0.15) is 11.6 Å². The van der Waals surface area contributed by atoms with Crippen LogP contribution in [-0.2, 0) is 0 Å². The number of thiol groups is 1. The van der Waals surface area contributed by atoms with Crippen LogP contribution in [0.3, 0.4) is 0 Å².